The summed E-state index contributed by atoms with van der Waals surface area (Å²) in [7, 11) is 0. The molecule has 1 aromatic rings. The predicted molar refractivity (Wildman–Crippen MR) is 93.8 cm³/mol. The molecule has 25 heavy (non-hydrogen) atoms. The Morgan fingerprint density at radius 3 is 2.76 bits per heavy atom. The Bertz CT molecular complexity index is 677. The highest BCUT2D eigenvalue weighted by Gasteiger charge is 2.37. The fourth-order valence-corrected chi connectivity index (χ4v) is 4.23. The quantitative estimate of drug-likeness (QED) is 0.874. The van der Waals surface area contributed by atoms with Gasteiger partial charge in [0.15, 0.2) is 5.82 Å². The summed E-state index contributed by atoms with van der Waals surface area (Å²) in [5.41, 5.74) is 2.40. The number of aryl methyl sites for hydroxylation is 1. The zero-order valence-corrected chi connectivity index (χ0v) is 15.6. The summed E-state index contributed by atoms with van der Waals surface area (Å²) >= 11 is 0. The van der Waals surface area contributed by atoms with E-state index in [4.69, 9.17) is 4.52 Å². The molecule has 3 atom stereocenters. The number of aliphatic hydroxyl groups is 1. The number of aromatic nitrogens is 2. The number of nitrogens with zero attached hydrogens (tertiary/aromatic N) is 2. The van der Waals surface area contributed by atoms with Crippen LogP contribution in [0.25, 0.3) is 0 Å². The summed E-state index contributed by atoms with van der Waals surface area (Å²) < 4.78 is 5.23. The van der Waals surface area contributed by atoms with Crippen LogP contribution in [0.5, 0.6) is 0 Å². The van der Waals surface area contributed by atoms with Crippen LogP contribution in [0.2, 0.25) is 0 Å². The minimum absolute atomic E-state index is 0.0253. The van der Waals surface area contributed by atoms with Gasteiger partial charge >= 0.3 is 0 Å². The average molecular weight is 347 g/mol. The van der Waals surface area contributed by atoms with Crippen molar-refractivity contribution in [3.05, 3.63) is 22.9 Å². The van der Waals surface area contributed by atoms with Gasteiger partial charge in [0.05, 0.1) is 6.10 Å². The first-order chi connectivity index (χ1) is 11.7. The van der Waals surface area contributed by atoms with Crippen molar-refractivity contribution in [2.24, 2.45) is 11.3 Å². The number of aliphatic hydroxyl groups excluding tert-OH is 1. The first-order valence-electron chi connectivity index (χ1n) is 9.20. The third kappa shape index (κ3) is 4.11. The standard InChI is InChI=1S/C19H29N3O3/c1-11-9-19(3,4)6-5-15(11)17(24)20-10-14-7-13(8-16(14)23)18-21-12(2)22-25-18/h13-14,16,23H,5-10H2,1-4H3,(H,20,24)/t13-,14+,16+/m0/s1. The lowest BCUT2D eigenvalue weighted by Crippen LogP contribution is -2.35. The number of nitrogens with one attached hydrogen (secondary N) is 1. The van der Waals surface area contributed by atoms with Crippen molar-refractivity contribution in [1.29, 1.82) is 0 Å². The molecule has 1 saturated carbocycles. The molecule has 0 aliphatic heterocycles. The Morgan fingerprint density at radius 2 is 2.12 bits per heavy atom. The molecule has 0 saturated heterocycles. The lowest BCUT2D eigenvalue weighted by Gasteiger charge is -2.31. The van der Waals surface area contributed by atoms with Gasteiger partial charge in [-0.05, 0) is 51.4 Å². The lowest BCUT2D eigenvalue weighted by atomic mass is 9.74. The first-order valence-corrected chi connectivity index (χ1v) is 9.20. The molecular weight excluding hydrogens is 318 g/mol. The van der Waals surface area contributed by atoms with Crippen LogP contribution in [0.1, 0.15) is 70.5 Å². The Labute approximate surface area is 149 Å². The summed E-state index contributed by atoms with van der Waals surface area (Å²) in [5.74, 6) is 1.34. The molecule has 1 amide bonds. The van der Waals surface area contributed by atoms with E-state index < -0.39 is 6.10 Å². The number of hydrogen-bond acceptors (Lipinski definition) is 5. The van der Waals surface area contributed by atoms with Crippen LogP contribution in [0.4, 0.5) is 0 Å². The molecule has 2 aliphatic rings. The molecule has 0 spiro atoms. The van der Waals surface area contributed by atoms with Crippen LogP contribution in [0.15, 0.2) is 15.7 Å². The fraction of sp³-hybridized carbons (Fsp3) is 0.737. The maximum absolute atomic E-state index is 12.5. The van der Waals surface area contributed by atoms with E-state index >= 15 is 0 Å². The van der Waals surface area contributed by atoms with E-state index in [0.717, 1.165) is 31.3 Å². The summed E-state index contributed by atoms with van der Waals surface area (Å²) in [6, 6.07) is 0. The molecule has 6 nitrogen and oxygen atoms in total. The van der Waals surface area contributed by atoms with E-state index in [1.807, 2.05) is 0 Å². The highest BCUT2D eigenvalue weighted by Crippen LogP contribution is 2.39. The number of rotatable bonds is 4. The number of amides is 1. The number of carbonyl (C=O) groups excluding carboxylic acids is 1. The maximum Gasteiger partial charge on any atom is 0.247 e. The van der Waals surface area contributed by atoms with E-state index in [2.05, 4.69) is 36.2 Å². The summed E-state index contributed by atoms with van der Waals surface area (Å²) in [6.07, 6.45) is 3.77. The molecule has 0 unspecified atom stereocenters. The van der Waals surface area contributed by atoms with Crippen molar-refractivity contribution in [3.63, 3.8) is 0 Å². The van der Waals surface area contributed by atoms with Crippen LogP contribution < -0.4 is 5.32 Å². The van der Waals surface area contributed by atoms with Gasteiger partial charge < -0.3 is 14.9 Å². The topological polar surface area (TPSA) is 88.3 Å². The first kappa shape index (κ1) is 18.1. The van der Waals surface area contributed by atoms with Crippen molar-refractivity contribution in [1.82, 2.24) is 15.5 Å². The van der Waals surface area contributed by atoms with Crippen LogP contribution in [0.3, 0.4) is 0 Å². The molecule has 0 bridgehead atoms. The fourth-order valence-electron chi connectivity index (χ4n) is 4.23. The van der Waals surface area contributed by atoms with Gasteiger partial charge in [-0.3, -0.25) is 4.79 Å². The second-order valence-corrected chi connectivity index (χ2v) is 8.49. The molecular formula is C19H29N3O3. The molecule has 138 valence electrons. The van der Waals surface area contributed by atoms with Crippen molar-refractivity contribution in [2.75, 3.05) is 6.54 Å². The molecule has 3 rings (SSSR count). The van der Waals surface area contributed by atoms with Gasteiger partial charge in [-0.25, -0.2) is 0 Å². The van der Waals surface area contributed by atoms with Crippen LogP contribution in [0, 0.1) is 18.3 Å². The third-order valence-corrected chi connectivity index (χ3v) is 5.66. The van der Waals surface area contributed by atoms with E-state index in [-0.39, 0.29) is 23.2 Å². The van der Waals surface area contributed by atoms with E-state index in [1.165, 1.54) is 5.57 Å². The van der Waals surface area contributed by atoms with Gasteiger partial charge in [-0.1, -0.05) is 24.6 Å². The Kier molecular flexibility index (Phi) is 5.00. The SMILES string of the molecule is CC1=C(C(=O)NC[C@H]2C[C@H](c3nc(C)no3)C[C@H]2O)CCC(C)(C)C1. The van der Waals surface area contributed by atoms with Gasteiger partial charge in [-0.15, -0.1) is 0 Å². The zero-order valence-electron chi connectivity index (χ0n) is 15.6. The predicted octanol–water partition coefficient (Wildman–Crippen LogP) is 2.88. The van der Waals surface area contributed by atoms with Crippen molar-refractivity contribution < 1.29 is 14.4 Å². The molecule has 2 N–H and O–H groups in total. The van der Waals surface area contributed by atoms with Crippen LogP contribution in [-0.4, -0.2) is 33.8 Å². The van der Waals surface area contributed by atoms with Crippen molar-refractivity contribution in [2.45, 2.75) is 71.8 Å². The summed E-state index contributed by atoms with van der Waals surface area (Å²) in [6.45, 7) is 8.84. The minimum atomic E-state index is -0.446. The molecule has 1 aromatic heterocycles. The lowest BCUT2D eigenvalue weighted by molar-refractivity contribution is -0.118. The highest BCUT2D eigenvalue weighted by molar-refractivity contribution is 5.94. The Hall–Kier alpha value is -1.69. The van der Waals surface area contributed by atoms with E-state index in [1.54, 1.807) is 6.92 Å². The van der Waals surface area contributed by atoms with Crippen LogP contribution >= 0.6 is 0 Å². The monoisotopic (exact) mass is 347 g/mol. The number of allylic oxidation sites excluding steroid dienone is 1. The average Bonchev–Trinajstić information content (AvgIpc) is 3.10. The largest absolute Gasteiger partial charge is 0.393 e. The maximum atomic E-state index is 12.5. The van der Waals surface area contributed by atoms with E-state index in [9.17, 15) is 9.90 Å². The third-order valence-electron chi connectivity index (χ3n) is 5.66. The van der Waals surface area contributed by atoms with Crippen molar-refractivity contribution in [3.8, 4) is 0 Å². The van der Waals surface area contributed by atoms with Gasteiger partial charge in [0.25, 0.3) is 0 Å². The highest BCUT2D eigenvalue weighted by atomic mass is 16.5. The molecule has 6 heteroatoms. The normalized spacial score (nSPS) is 29.1. The zero-order chi connectivity index (χ0) is 18.2. The Morgan fingerprint density at radius 1 is 1.36 bits per heavy atom. The minimum Gasteiger partial charge on any atom is -0.393 e. The number of carbonyl (C=O) groups is 1. The molecule has 1 heterocycles. The van der Waals surface area contributed by atoms with Gasteiger partial charge in [0.2, 0.25) is 11.8 Å². The second-order valence-electron chi connectivity index (χ2n) is 8.49. The van der Waals surface area contributed by atoms with Gasteiger partial charge in [0, 0.05) is 24.0 Å². The van der Waals surface area contributed by atoms with Gasteiger partial charge in [-0.2, -0.15) is 4.98 Å². The summed E-state index contributed by atoms with van der Waals surface area (Å²) in [4.78, 5) is 16.8. The molecule has 0 radical (unpaired) electrons. The summed E-state index contributed by atoms with van der Waals surface area (Å²) in [5, 5.41) is 17.2. The number of hydrogen-bond donors (Lipinski definition) is 2. The molecule has 0 aromatic carbocycles. The second kappa shape index (κ2) is 6.90. The van der Waals surface area contributed by atoms with Crippen molar-refractivity contribution >= 4 is 5.91 Å². The van der Waals surface area contributed by atoms with Crippen LogP contribution in [-0.2, 0) is 4.79 Å². The van der Waals surface area contributed by atoms with E-state index in [0.29, 0.717) is 24.7 Å². The smallest absolute Gasteiger partial charge is 0.247 e. The molecule has 2 aliphatic carbocycles. The Balaban J connectivity index is 1.56. The van der Waals surface area contributed by atoms with Gasteiger partial charge in [0.1, 0.15) is 0 Å². The molecule has 1 fully saturated rings.